The monoisotopic (exact) mass is 521 g/mol. The number of hydrogen-bond donors (Lipinski definition) is 1. The summed E-state index contributed by atoms with van der Waals surface area (Å²) in [5.41, 5.74) is 2.63. The minimum atomic E-state index is -0.736. The molecule has 1 N–H and O–H groups in total. The highest BCUT2D eigenvalue weighted by atomic mass is 16.5. The number of urea groups is 1. The van der Waals surface area contributed by atoms with E-state index in [1.165, 1.54) is 24.0 Å². The SMILES string of the molecule is COc1cccc(C2NC(=O)N(C)C3=C2C(=O)N(CC(=O)N(CCN(C)C)Cc2ccccc2)C3)c1OC. The Morgan fingerprint density at radius 2 is 1.76 bits per heavy atom. The summed E-state index contributed by atoms with van der Waals surface area (Å²) < 4.78 is 11.0. The van der Waals surface area contributed by atoms with Crippen LogP contribution >= 0.6 is 0 Å². The number of rotatable bonds is 10. The quantitative estimate of drug-likeness (QED) is 0.515. The van der Waals surface area contributed by atoms with E-state index >= 15 is 0 Å². The average molecular weight is 522 g/mol. The number of methoxy groups -OCH3 is 2. The first-order chi connectivity index (χ1) is 18.2. The number of carbonyl (C=O) groups excluding carboxylic acids is 3. The number of likely N-dealkylation sites (N-methyl/N-ethyl adjacent to an activating group) is 2. The van der Waals surface area contributed by atoms with Crippen LogP contribution < -0.4 is 14.8 Å². The van der Waals surface area contributed by atoms with Crippen LogP contribution in [0.25, 0.3) is 0 Å². The fourth-order valence-corrected chi connectivity index (χ4v) is 4.80. The van der Waals surface area contributed by atoms with Crippen LogP contribution in [0.2, 0.25) is 0 Å². The van der Waals surface area contributed by atoms with Gasteiger partial charge in [-0.2, -0.15) is 0 Å². The van der Waals surface area contributed by atoms with Gasteiger partial charge in [0, 0.05) is 32.2 Å². The van der Waals surface area contributed by atoms with Crippen LogP contribution in [-0.2, 0) is 16.1 Å². The molecule has 10 heteroatoms. The molecule has 0 aliphatic carbocycles. The van der Waals surface area contributed by atoms with Gasteiger partial charge < -0.3 is 29.5 Å². The lowest BCUT2D eigenvalue weighted by Gasteiger charge is -2.31. The summed E-state index contributed by atoms with van der Waals surface area (Å²) in [6, 6.07) is 14.1. The molecule has 10 nitrogen and oxygen atoms in total. The topological polar surface area (TPSA) is 94.7 Å². The molecule has 1 unspecified atom stereocenters. The molecule has 38 heavy (non-hydrogen) atoms. The molecule has 0 aromatic heterocycles. The molecule has 0 saturated carbocycles. The van der Waals surface area contributed by atoms with Crippen molar-refractivity contribution >= 4 is 17.8 Å². The van der Waals surface area contributed by atoms with E-state index in [0.717, 1.165) is 5.56 Å². The number of nitrogens with one attached hydrogen (secondary N) is 1. The molecule has 2 aliphatic heterocycles. The van der Waals surface area contributed by atoms with Crippen molar-refractivity contribution in [2.75, 3.05) is 61.5 Å². The van der Waals surface area contributed by atoms with Gasteiger partial charge in [-0.3, -0.25) is 14.5 Å². The van der Waals surface area contributed by atoms with E-state index in [1.807, 2.05) is 49.3 Å². The summed E-state index contributed by atoms with van der Waals surface area (Å²) in [6.07, 6.45) is 0. The lowest BCUT2D eigenvalue weighted by atomic mass is 9.94. The van der Waals surface area contributed by atoms with Crippen LogP contribution in [0.5, 0.6) is 11.5 Å². The fourth-order valence-electron chi connectivity index (χ4n) is 4.80. The molecule has 2 aliphatic rings. The number of benzene rings is 2. The van der Waals surface area contributed by atoms with E-state index in [0.29, 0.717) is 48.0 Å². The van der Waals surface area contributed by atoms with Crippen molar-refractivity contribution in [2.45, 2.75) is 12.6 Å². The van der Waals surface area contributed by atoms with E-state index in [2.05, 4.69) is 5.32 Å². The van der Waals surface area contributed by atoms with E-state index < -0.39 is 6.04 Å². The highest BCUT2D eigenvalue weighted by Gasteiger charge is 2.44. The number of carbonyl (C=O) groups is 3. The van der Waals surface area contributed by atoms with Gasteiger partial charge in [-0.25, -0.2) is 4.79 Å². The highest BCUT2D eigenvalue weighted by Crippen LogP contribution is 2.42. The van der Waals surface area contributed by atoms with Crippen LogP contribution in [0, 0.1) is 0 Å². The summed E-state index contributed by atoms with van der Waals surface area (Å²) in [7, 11) is 8.59. The summed E-state index contributed by atoms with van der Waals surface area (Å²) in [6.45, 7) is 1.75. The van der Waals surface area contributed by atoms with Crippen molar-refractivity contribution in [2.24, 2.45) is 0 Å². The van der Waals surface area contributed by atoms with E-state index in [4.69, 9.17) is 9.47 Å². The smallest absolute Gasteiger partial charge is 0.322 e. The van der Waals surface area contributed by atoms with Gasteiger partial charge in [0.15, 0.2) is 11.5 Å². The predicted molar refractivity (Wildman–Crippen MR) is 143 cm³/mol. The number of ether oxygens (including phenoxy) is 2. The average Bonchev–Trinajstić information content (AvgIpc) is 3.24. The molecule has 2 aromatic rings. The van der Waals surface area contributed by atoms with Gasteiger partial charge in [-0.1, -0.05) is 42.5 Å². The van der Waals surface area contributed by atoms with Crippen LogP contribution in [0.3, 0.4) is 0 Å². The maximum atomic E-state index is 13.8. The second kappa shape index (κ2) is 11.6. The van der Waals surface area contributed by atoms with Crippen molar-refractivity contribution in [3.05, 3.63) is 70.9 Å². The normalized spacial score (nSPS) is 17.1. The molecule has 2 heterocycles. The highest BCUT2D eigenvalue weighted by molar-refractivity contribution is 6.03. The maximum Gasteiger partial charge on any atom is 0.322 e. The Bertz CT molecular complexity index is 1230. The predicted octanol–water partition coefficient (Wildman–Crippen LogP) is 2.09. The molecular formula is C28H35N5O5. The Balaban J connectivity index is 1.59. The van der Waals surface area contributed by atoms with Gasteiger partial charge in [-0.15, -0.1) is 0 Å². The molecule has 0 bridgehead atoms. The minimum absolute atomic E-state index is 0.0872. The Labute approximate surface area is 223 Å². The number of nitrogens with zero attached hydrogens (tertiary/aromatic N) is 4. The first-order valence-corrected chi connectivity index (χ1v) is 12.5. The van der Waals surface area contributed by atoms with Gasteiger partial charge >= 0.3 is 6.03 Å². The lowest BCUT2D eigenvalue weighted by molar-refractivity contribution is -0.138. The van der Waals surface area contributed by atoms with Gasteiger partial charge in [0.1, 0.15) is 6.54 Å². The summed E-state index contributed by atoms with van der Waals surface area (Å²) in [4.78, 5) is 46.9. The second-order valence-corrected chi connectivity index (χ2v) is 9.65. The molecule has 4 rings (SSSR count). The third kappa shape index (κ3) is 5.45. The molecule has 0 radical (unpaired) electrons. The Morgan fingerprint density at radius 3 is 2.42 bits per heavy atom. The van der Waals surface area contributed by atoms with Crippen LogP contribution in [-0.4, -0.2) is 99.0 Å². The van der Waals surface area contributed by atoms with E-state index in [-0.39, 0.29) is 30.9 Å². The first kappa shape index (κ1) is 27.0. The molecule has 202 valence electrons. The largest absolute Gasteiger partial charge is 0.493 e. The van der Waals surface area contributed by atoms with Crippen molar-refractivity contribution < 1.29 is 23.9 Å². The Kier molecular flexibility index (Phi) is 8.21. The molecule has 2 aromatic carbocycles. The second-order valence-electron chi connectivity index (χ2n) is 9.65. The Hall–Kier alpha value is -4.05. The lowest BCUT2D eigenvalue weighted by Crippen LogP contribution is -2.45. The number of amides is 4. The third-order valence-corrected chi connectivity index (χ3v) is 6.89. The molecular weight excluding hydrogens is 486 g/mol. The van der Waals surface area contributed by atoms with Gasteiger partial charge in [0.2, 0.25) is 5.91 Å². The van der Waals surface area contributed by atoms with Crippen molar-refractivity contribution in [1.82, 2.24) is 24.9 Å². The molecule has 0 spiro atoms. The van der Waals surface area contributed by atoms with Crippen molar-refractivity contribution in [3.63, 3.8) is 0 Å². The van der Waals surface area contributed by atoms with Crippen molar-refractivity contribution in [1.29, 1.82) is 0 Å². The molecule has 4 amide bonds. The maximum absolute atomic E-state index is 13.8. The van der Waals surface area contributed by atoms with Crippen LogP contribution in [0.4, 0.5) is 4.79 Å². The van der Waals surface area contributed by atoms with Crippen LogP contribution in [0.1, 0.15) is 17.2 Å². The summed E-state index contributed by atoms with van der Waals surface area (Å²) >= 11 is 0. The third-order valence-electron chi connectivity index (χ3n) is 6.89. The number of hydrogen-bond acceptors (Lipinski definition) is 6. The summed E-state index contributed by atoms with van der Waals surface area (Å²) in [5, 5.41) is 2.92. The standard InChI is InChI=1S/C28H35N5O5/c1-30(2)14-15-32(16-19-10-7-6-8-11-19)23(34)18-33-17-21-24(27(33)35)25(29-28(36)31(21)3)20-12-9-13-22(37-4)26(20)38-5/h6-13,25H,14-18H2,1-5H3,(H,29,36). The number of para-hydroxylation sites is 1. The zero-order valence-electron chi connectivity index (χ0n) is 22.6. The zero-order chi connectivity index (χ0) is 27.4. The van der Waals surface area contributed by atoms with E-state index in [1.54, 1.807) is 30.1 Å². The van der Waals surface area contributed by atoms with Crippen molar-refractivity contribution in [3.8, 4) is 11.5 Å². The minimum Gasteiger partial charge on any atom is -0.493 e. The van der Waals surface area contributed by atoms with Gasteiger partial charge in [0.05, 0.1) is 38.1 Å². The molecule has 1 atom stereocenters. The summed E-state index contributed by atoms with van der Waals surface area (Å²) in [5.74, 6) is 0.496. The molecule has 0 saturated heterocycles. The van der Waals surface area contributed by atoms with Gasteiger partial charge in [0.25, 0.3) is 5.91 Å². The van der Waals surface area contributed by atoms with Gasteiger partial charge in [-0.05, 0) is 25.7 Å². The Morgan fingerprint density at radius 1 is 1.03 bits per heavy atom. The molecule has 0 fully saturated rings. The van der Waals surface area contributed by atoms with E-state index in [9.17, 15) is 14.4 Å². The zero-order valence-corrected chi connectivity index (χ0v) is 22.6. The first-order valence-electron chi connectivity index (χ1n) is 12.5. The fraction of sp³-hybridized carbons (Fsp3) is 0.393. The van der Waals surface area contributed by atoms with Crippen LogP contribution in [0.15, 0.2) is 59.8 Å².